The van der Waals surface area contributed by atoms with Gasteiger partial charge in [0.15, 0.2) is 5.69 Å². The second-order valence-corrected chi connectivity index (χ2v) is 6.67. The predicted octanol–water partition coefficient (Wildman–Crippen LogP) is 3.91. The minimum absolute atomic E-state index is 0.0167. The topological polar surface area (TPSA) is 32.3 Å². The van der Waals surface area contributed by atoms with Crippen molar-refractivity contribution in [3.8, 4) is 0 Å². The first kappa shape index (κ1) is 16.8. The molecule has 120 valence electrons. The summed E-state index contributed by atoms with van der Waals surface area (Å²) in [4.78, 5) is 11.8. The molecule has 2 heterocycles. The Bertz CT molecular complexity index is 657. The van der Waals surface area contributed by atoms with Crippen molar-refractivity contribution >= 4 is 34.7 Å². The normalized spacial score (nSPS) is 11.6. The Labute approximate surface area is 135 Å². The molecular formula is C13H14ClF3N4S. The smallest absolute Gasteiger partial charge is 0.363 e. The molecule has 0 aromatic carbocycles. The number of hydrogen-bond donors (Lipinski definition) is 0. The first-order valence-electron chi connectivity index (χ1n) is 6.26. The van der Waals surface area contributed by atoms with Gasteiger partial charge in [-0.25, -0.2) is 4.98 Å². The molecule has 0 saturated heterocycles. The van der Waals surface area contributed by atoms with Crippen molar-refractivity contribution in [1.82, 2.24) is 9.97 Å². The zero-order valence-corrected chi connectivity index (χ0v) is 13.7. The van der Waals surface area contributed by atoms with Gasteiger partial charge in [-0.05, 0) is 12.1 Å². The number of nitrogens with zero attached hydrogens (tertiary/aromatic N) is 4. The van der Waals surface area contributed by atoms with Crippen molar-refractivity contribution < 1.29 is 13.2 Å². The SMILES string of the molecule is CN(C)c1cc(C(F)(F)F)nc(N(C)Cc2ccc(Cl)s2)n1. The summed E-state index contributed by atoms with van der Waals surface area (Å²) in [7, 11) is 4.90. The molecule has 0 bridgehead atoms. The van der Waals surface area contributed by atoms with Gasteiger partial charge < -0.3 is 9.80 Å². The van der Waals surface area contributed by atoms with E-state index in [0.29, 0.717) is 10.9 Å². The number of rotatable bonds is 4. The van der Waals surface area contributed by atoms with Crippen LogP contribution in [0.2, 0.25) is 4.34 Å². The van der Waals surface area contributed by atoms with Crippen LogP contribution in [0.4, 0.5) is 24.9 Å². The minimum atomic E-state index is -4.52. The molecule has 0 saturated carbocycles. The Morgan fingerprint density at radius 3 is 2.36 bits per heavy atom. The lowest BCUT2D eigenvalue weighted by Gasteiger charge is -2.20. The molecule has 4 nitrogen and oxygen atoms in total. The molecule has 0 aliphatic heterocycles. The Morgan fingerprint density at radius 2 is 1.86 bits per heavy atom. The summed E-state index contributed by atoms with van der Waals surface area (Å²) in [5, 5.41) is 0. The van der Waals surface area contributed by atoms with Crippen LogP contribution in [0.15, 0.2) is 18.2 Å². The largest absolute Gasteiger partial charge is 0.433 e. The Kier molecular flexibility index (Phi) is 4.81. The highest BCUT2D eigenvalue weighted by Gasteiger charge is 2.34. The fourth-order valence-electron chi connectivity index (χ4n) is 1.71. The second-order valence-electron chi connectivity index (χ2n) is 4.87. The molecule has 22 heavy (non-hydrogen) atoms. The summed E-state index contributed by atoms with van der Waals surface area (Å²) in [6.45, 7) is 0.381. The van der Waals surface area contributed by atoms with Crippen LogP contribution in [-0.4, -0.2) is 31.1 Å². The molecular weight excluding hydrogens is 337 g/mol. The summed E-state index contributed by atoms with van der Waals surface area (Å²) < 4.78 is 39.5. The highest BCUT2D eigenvalue weighted by molar-refractivity contribution is 7.16. The number of halogens is 4. The van der Waals surface area contributed by atoms with Crippen LogP contribution in [0.1, 0.15) is 10.6 Å². The maximum Gasteiger partial charge on any atom is 0.433 e. The van der Waals surface area contributed by atoms with E-state index in [4.69, 9.17) is 11.6 Å². The van der Waals surface area contributed by atoms with Crippen molar-refractivity contribution in [2.45, 2.75) is 12.7 Å². The Balaban J connectivity index is 2.34. The van der Waals surface area contributed by atoms with Gasteiger partial charge in [-0.3, -0.25) is 0 Å². The monoisotopic (exact) mass is 350 g/mol. The molecule has 2 aromatic rings. The molecule has 0 radical (unpaired) electrons. The lowest BCUT2D eigenvalue weighted by molar-refractivity contribution is -0.141. The molecule has 2 aromatic heterocycles. The molecule has 0 amide bonds. The van der Waals surface area contributed by atoms with E-state index in [9.17, 15) is 13.2 Å². The lowest BCUT2D eigenvalue weighted by Crippen LogP contribution is -2.23. The van der Waals surface area contributed by atoms with E-state index >= 15 is 0 Å². The third-order valence-electron chi connectivity index (χ3n) is 2.81. The standard InChI is InChI=1S/C13H14ClF3N4S/c1-20(2)11-6-9(13(15,16)17)18-12(19-11)21(3)7-8-4-5-10(14)22-8/h4-6H,7H2,1-3H3. The van der Waals surface area contributed by atoms with E-state index < -0.39 is 11.9 Å². The first-order chi connectivity index (χ1) is 10.2. The van der Waals surface area contributed by atoms with Crippen molar-refractivity contribution in [1.29, 1.82) is 0 Å². The highest BCUT2D eigenvalue weighted by atomic mass is 35.5. The fourth-order valence-corrected chi connectivity index (χ4v) is 2.85. The second kappa shape index (κ2) is 6.29. The van der Waals surface area contributed by atoms with E-state index in [0.717, 1.165) is 10.9 Å². The fraction of sp³-hybridized carbons (Fsp3) is 0.385. The third-order valence-corrected chi connectivity index (χ3v) is 4.03. The maximum atomic E-state index is 13.0. The molecule has 0 aliphatic rings. The van der Waals surface area contributed by atoms with Crippen LogP contribution in [0.3, 0.4) is 0 Å². The molecule has 0 spiro atoms. The zero-order chi connectivity index (χ0) is 16.5. The van der Waals surface area contributed by atoms with Gasteiger partial charge >= 0.3 is 6.18 Å². The number of aromatic nitrogens is 2. The van der Waals surface area contributed by atoms with Gasteiger partial charge in [0.2, 0.25) is 5.95 Å². The van der Waals surface area contributed by atoms with Crippen molar-refractivity contribution in [3.05, 3.63) is 33.1 Å². The van der Waals surface area contributed by atoms with Crippen LogP contribution in [0, 0.1) is 0 Å². The van der Waals surface area contributed by atoms with Gasteiger partial charge in [-0.2, -0.15) is 18.2 Å². The van der Waals surface area contributed by atoms with Crippen LogP contribution < -0.4 is 9.80 Å². The average molecular weight is 351 g/mol. The van der Waals surface area contributed by atoms with Crippen LogP contribution in [0.25, 0.3) is 0 Å². The number of alkyl halides is 3. The Morgan fingerprint density at radius 1 is 1.18 bits per heavy atom. The molecule has 0 fully saturated rings. The molecule has 9 heteroatoms. The number of hydrogen-bond acceptors (Lipinski definition) is 5. The van der Waals surface area contributed by atoms with E-state index in [2.05, 4.69) is 9.97 Å². The molecule has 0 atom stereocenters. The van der Waals surface area contributed by atoms with Gasteiger partial charge in [0, 0.05) is 32.1 Å². The first-order valence-corrected chi connectivity index (χ1v) is 7.45. The molecule has 0 N–H and O–H groups in total. The van der Waals surface area contributed by atoms with Crippen molar-refractivity contribution in [2.24, 2.45) is 0 Å². The van der Waals surface area contributed by atoms with Crippen molar-refractivity contribution in [2.75, 3.05) is 30.9 Å². The molecule has 0 unspecified atom stereocenters. The summed E-state index contributed by atoms with van der Waals surface area (Å²) in [5.41, 5.74) is -0.961. The summed E-state index contributed by atoms with van der Waals surface area (Å²) >= 11 is 7.22. The van der Waals surface area contributed by atoms with Crippen LogP contribution in [0.5, 0.6) is 0 Å². The zero-order valence-electron chi connectivity index (χ0n) is 12.1. The number of anilines is 2. The van der Waals surface area contributed by atoms with Crippen LogP contribution >= 0.6 is 22.9 Å². The van der Waals surface area contributed by atoms with Crippen molar-refractivity contribution in [3.63, 3.8) is 0 Å². The van der Waals surface area contributed by atoms with Crippen LogP contribution in [-0.2, 0) is 12.7 Å². The summed E-state index contributed by atoms with van der Waals surface area (Å²) in [6.07, 6.45) is -4.52. The van der Waals surface area contributed by atoms with Gasteiger partial charge in [0.1, 0.15) is 5.82 Å². The van der Waals surface area contributed by atoms with Gasteiger partial charge in [0.25, 0.3) is 0 Å². The minimum Gasteiger partial charge on any atom is -0.363 e. The summed E-state index contributed by atoms with van der Waals surface area (Å²) in [6, 6.07) is 4.50. The Hall–Kier alpha value is -1.54. The maximum absolute atomic E-state index is 13.0. The van der Waals surface area contributed by atoms with Gasteiger partial charge in [-0.15, -0.1) is 11.3 Å². The van der Waals surface area contributed by atoms with E-state index in [1.807, 2.05) is 6.07 Å². The lowest BCUT2D eigenvalue weighted by atomic mass is 10.3. The quantitative estimate of drug-likeness (QED) is 0.836. The highest BCUT2D eigenvalue weighted by Crippen LogP contribution is 2.31. The van der Waals surface area contributed by atoms with Gasteiger partial charge in [-0.1, -0.05) is 11.6 Å². The van der Waals surface area contributed by atoms with E-state index in [-0.39, 0.29) is 11.8 Å². The predicted molar refractivity (Wildman–Crippen MR) is 82.8 cm³/mol. The number of thiophene rings is 1. The van der Waals surface area contributed by atoms with E-state index in [1.165, 1.54) is 16.2 Å². The average Bonchev–Trinajstić information content (AvgIpc) is 2.82. The third kappa shape index (κ3) is 4.01. The molecule has 2 rings (SSSR count). The molecule has 0 aliphatic carbocycles. The van der Waals surface area contributed by atoms with E-state index in [1.54, 1.807) is 32.1 Å². The van der Waals surface area contributed by atoms with Gasteiger partial charge in [0.05, 0.1) is 10.9 Å². The summed E-state index contributed by atoms with van der Waals surface area (Å²) in [5.74, 6) is 0.219.